The van der Waals surface area contributed by atoms with Gasteiger partial charge < -0.3 is 15.0 Å². The fraction of sp³-hybridized carbons (Fsp3) is 0.545. The van der Waals surface area contributed by atoms with Crippen molar-refractivity contribution in [3.63, 3.8) is 0 Å². The van der Waals surface area contributed by atoms with E-state index in [-0.39, 0.29) is 17.8 Å². The molecule has 1 heterocycles. The highest BCUT2D eigenvalue weighted by Crippen LogP contribution is 2.14. The first kappa shape index (κ1) is 14.3. The highest BCUT2D eigenvalue weighted by atomic mass is 16.6. The van der Waals surface area contributed by atoms with Gasteiger partial charge in [0.1, 0.15) is 0 Å². The van der Waals surface area contributed by atoms with Crippen LogP contribution in [0.25, 0.3) is 0 Å². The Labute approximate surface area is 104 Å². The monoisotopic (exact) mass is 255 g/mol. The number of hydrogen-bond donors (Lipinski definition) is 2. The van der Waals surface area contributed by atoms with E-state index in [0.717, 1.165) is 4.57 Å². The Morgan fingerprint density at radius 1 is 1.61 bits per heavy atom. The lowest BCUT2D eigenvalue weighted by Crippen LogP contribution is -2.33. The molecule has 0 saturated carbocycles. The number of nitrogens with zero attached hydrogens (tertiary/aromatic N) is 2. The van der Waals surface area contributed by atoms with Crippen LogP contribution in [-0.4, -0.2) is 33.8 Å². The highest BCUT2D eigenvalue weighted by molar-refractivity contribution is 5.35. The lowest BCUT2D eigenvalue weighted by Gasteiger charge is -2.13. The van der Waals surface area contributed by atoms with Crippen molar-refractivity contribution in [3.05, 3.63) is 38.3 Å². The van der Waals surface area contributed by atoms with Crippen LogP contribution in [0.2, 0.25) is 0 Å². The number of nitro groups is 1. The molecule has 0 aliphatic rings. The number of aromatic nitrogens is 1. The maximum absolute atomic E-state index is 11.6. The minimum absolute atomic E-state index is 0.0347. The van der Waals surface area contributed by atoms with Crippen molar-refractivity contribution in [2.45, 2.75) is 26.5 Å². The molecular formula is C11H17N3O4. The molecule has 0 amide bonds. The van der Waals surface area contributed by atoms with Crippen molar-refractivity contribution in [1.29, 1.82) is 0 Å². The first-order valence-corrected chi connectivity index (χ1v) is 5.70. The standard InChI is InChI=1S/C11H17N3O4/c1-3-12-5-9(15)6-13-7-10(14(17)18)8(2)4-11(13)16/h4,7,9,12,15H,3,5-6H2,1-2H3. The molecule has 0 saturated heterocycles. The number of likely N-dealkylation sites (N-methyl/N-ethyl adjacent to an activating group) is 1. The molecule has 1 aromatic rings. The quantitative estimate of drug-likeness (QED) is 0.552. The molecule has 0 spiro atoms. The van der Waals surface area contributed by atoms with Crippen LogP contribution >= 0.6 is 0 Å². The first-order valence-electron chi connectivity index (χ1n) is 5.70. The van der Waals surface area contributed by atoms with E-state index in [0.29, 0.717) is 18.7 Å². The second-order valence-electron chi connectivity index (χ2n) is 4.05. The summed E-state index contributed by atoms with van der Waals surface area (Å²) in [6, 6.07) is 1.21. The van der Waals surface area contributed by atoms with E-state index in [9.17, 15) is 20.0 Å². The van der Waals surface area contributed by atoms with E-state index >= 15 is 0 Å². The number of pyridine rings is 1. The van der Waals surface area contributed by atoms with Gasteiger partial charge in [0, 0.05) is 18.2 Å². The molecule has 0 aliphatic carbocycles. The Hall–Kier alpha value is -1.73. The smallest absolute Gasteiger partial charge is 0.288 e. The molecule has 2 N–H and O–H groups in total. The summed E-state index contributed by atoms with van der Waals surface area (Å²) in [6.45, 7) is 4.49. The van der Waals surface area contributed by atoms with Gasteiger partial charge in [-0.3, -0.25) is 14.9 Å². The molecule has 0 radical (unpaired) electrons. The first-order chi connectivity index (χ1) is 8.45. The number of aryl methyl sites for hydroxylation is 1. The summed E-state index contributed by atoms with van der Waals surface area (Å²) in [5.41, 5.74) is -0.152. The average molecular weight is 255 g/mol. The summed E-state index contributed by atoms with van der Waals surface area (Å²) in [4.78, 5) is 21.9. The van der Waals surface area contributed by atoms with E-state index < -0.39 is 11.0 Å². The minimum Gasteiger partial charge on any atom is -0.390 e. The van der Waals surface area contributed by atoms with Gasteiger partial charge in [0.25, 0.3) is 11.2 Å². The van der Waals surface area contributed by atoms with Crippen molar-refractivity contribution in [3.8, 4) is 0 Å². The second kappa shape index (κ2) is 6.27. The molecule has 100 valence electrons. The van der Waals surface area contributed by atoms with Crippen LogP contribution in [-0.2, 0) is 6.54 Å². The van der Waals surface area contributed by atoms with Crippen LogP contribution in [0.15, 0.2) is 17.1 Å². The van der Waals surface area contributed by atoms with E-state index in [1.165, 1.54) is 19.2 Å². The van der Waals surface area contributed by atoms with Gasteiger partial charge in [0.05, 0.1) is 23.8 Å². The van der Waals surface area contributed by atoms with E-state index in [2.05, 4.69) is 5.32 Å². The van der Waals surface area contributed by atoms with Gasteiger partial charge in [0.2, 0.25) is 0 Å². The Morgan fingerprint density at radius 3 is 2.83 bits per heavy atom. The molecule has 1 unspecified atom stereocenters. The zero-order valence-corrected chi connectivity index (χ0v) is 10.4. The largest absolute Gasteiger partial charge is 0.390 e. The maximum Gasteiger partial charge on any atom is 0.288 e. The number of aliphatic hydroxyl groups is 1. The Bertz CT molecular complexity index is 484. The summed E-state index contributed by atoms with van der Waals surface area (Å²) in [6.07, 6.45) is 0.414. The molecule has 0 fully saturated rings. The average Bonchev–Trinajstić information content (AvgIpc) is 2.29. The van der Waals surface area contributed by atoms with E-state index in [4.69, 9.17) is 0 Å². The van der Waals surface area contributed by atoms with Gasteiger partial charge >= 0.3 is 0 Å². The number of nitrogens with one attached hydrogen (secondary N) is 1. The summed E-state index contributed by atoms with van der Waals surface area (Å²) in [5.74, 6) is 0. The lowest BCUT2D eigenvalue weighted by atomic mass is 10.2. The molecule has 7 heteroatoms. The molecule has 0 aliphatic heterocycles. The summed E-state index contributed by atoms with van der Waals surface area (Å²) in [5, 5.41) is 23.4. The second-order valence-corrected chi connectivity index (χ2v) is 4.05. The molecule has 1 rings (SSSR count). The summed E-state index contributed by atoms with van der Waals surface area (Å²) >= 11 is 0. The Morgan fingerprint density at radius 2 is 2.28 bits per heavy atom. The van der Waals surface area contributed by atoms with Crippen LogP contribution < -0.4 is 10.9 Å². The third kappa shape index (κ3) is 3.64. The van der Waals surface area contributed by atoms with Crippen molar-refractivity contribution < 1.29 is 10.0 Å². The summed E-state index contributed by atoms with van der Waals surface area (Å²) < 4.78 is 1.16. The van der Waals surface area contributed by atoms with Gasteiger partial charge in [0.15, 0.2) is 0 Å². The van der Waals surface area contributed by atoms with E-state index in [1.807, 2.05) is 6.92 Å². The van der Waals surface area contributed by atoms with Crippen LogP contribution in [0.4, 0.5) is 5.69 Å². The highest BCUT2D eigenvalue weighted by Gasteiger charge is 2.14. The van der Waals surface area contributed by atoms with Crippen LogP contribution in [0.5, 0.6) is 0 Å². The van der Waals surface area contributed by atoms with Crippen LogP contribution in [0.3, 0.4) is 0 Å². The molecular weight excluding hydrogens is 238 g/mol. The molecule has 1 aromatic heterocycles. The molecule has 7 nitrogen and oxygen atoms in total. The minimum atomic E-state index is -0.759. The van der Waals surface area contributed by atoms with Gasteiger partial charge in [-0.05, 0) is 13.5 Å². The van der Waals surface area contributed by atoms with Gasteiger partial charge in [-0.25, -0.2) is 0 Å². The molecule has 0 bridgehead atoms. The lowest BCUT2D eigenvalue weighted by molar-refractivity contribution is -0.386. The predicted octanol–water partition coefficient (Wildman–Crippen LogP) is 0.0353. The number of hydrogen-bond acceptors (Lipinski definition) is 5. The van der Waals surface area contributed by atoms with Crippen LogP contribution in [0, 0.1) is 17.0 Å². The van der Waals surface area contributed by atoms with Gasteiger partial charge in [-0.1, -0.05) is 6.92 Å². The Kier molecular flexibility index (Phi) is 4.99. The maximum atomic E-state index is 11.6. The molecule has 18 heavy (non-hydrogen) atoms. The zero-order chi connectivity index (χ0) is 13.7. The van der Waals surface area contributed by atoms with Crippen molar-refractivity contribution in [2.24, 2.45) is 0 Å². The van der Waals surface area contributed by atoms with Crippen LogP contribution in [0.1, 0.15) is 12.5 Å². The van der Waals surface area contributed by atoms with E-state index in [1.54, 1.807) is 0 Å². The summed E-state index contributed by atoms with van der Waals surface area (Å²) in [7, 11) is 0. The SMILES string of the molecule is CCNCC(O)Cn1cc([N+](=O)[O-])c(C)cc1=O. The third-order valence-corrected chi connectivity index (χ3v) is 2.54. The fourth-order valence-electron chi connectivity index (χ4n) is 1.59. The normalized spacial score (nSPS) is 12.4. The van der Waals surface area contributed by atoms with Gasteiger partial charge in [-0.2, -0.15) is 0 Å². The Balaban J connectivity index is 2.92. The zero-order valence-electron chi connectivity index (χ0n) is 10.4. The fourth-order valence-corrected chi connectivity index (χ4v) is 1.59. The molecule has 0 aromatic carbocycles. The van der Waals surface area contributed by atoms with Crippen molar-refractivity contribution in [2.75, 3.05) is 13.1 Å². The predicted molar refractivity (Wildman–Crippen MR) is 66.6 cm³/mol. The molecule has 1 atom stereocenters. The third-order valence-electron chi connectivity index (χ3n) is 2.54. The van der Waals surface area contributed by atoms with Crippen molar-refractivity contribution in [1.82, 2.24) is 9.88 Å². The topological polar surface area (TPSA) is 97.4 Å². The number of rotatable bonds is 6. The van der Waals surface area contributed by atoms with Gasteiger partial charge in [-0.15, -0.1) is 0 Å². The number of aliphatic hydroxyl groups excluding tert-OH is 1. The van der Waals surface area contributed by atoms with Crippen molar-refractivity contribution >= 4 is 5.69 Å².